The highest BCUT2D eigenvalue weighted by atomic mass is 19.3. The number of nitrogens with one attached hydrogen (secondary N) is 3. The van der Waals surface area contributed by atoms with Crippen LogP contribution in [-0.2, 0) is 23.3 Å². The normalized spacial score (nSPS) is 17.1. The number of rotatable bonds is 6. The number of fused-ring (bicyclic) bond motifs is 1. The number of ketones is 1. The fourth-order valence-corrected chi connectivity index (χ4v) is 5.21. The zero-order chi connectivity index (χ0) is 26.7. The molecule has 0 saturated heterocycles. The molecule has 194 valence electrons. The average Bonchev–Trinajstić information content (AvgIpc) is 3.53. The lowest BCUT2D eigenvalue weighted by Crippen LogP contribution is -2.61. The van der Waals surface area contributed by atoms with Crippen molar-refractivity contribution in [1.29, 1.82) is 0 Å². The Labute approximate surface area is 207 Å². The van der Waals surface area contributed by atoms with Gasteiger partial charge in [-0.1, -0.05) is 5.21 Å². The van der Waals surface area contributed by atoms with E-state index in [1.54, 1.807) is 4.57 Å². The summed E-state index contributed by atoms with van der Waals surface area (Å²) >= 11 is 0. The third kappa shape index (κ3) is 4.07. The van der Waals surface area contributed by atoms with Gasteiger partial charge in [0.1, 0.15) is 11.6 Å². The lowest BCUT2D eigenvalue weighted by atomic mass is 9.71. The molecule has 3 N–H and O–H groups in total. The molecular formula is C24H22F4N6O3. The van der Waals surface area contributed by atoms with Crippen molar-refractivity contribution in [1.82, 2.24) is 25.3 Å². The van der Waals surface area contributed by atoms with E-state index in [4.69, 9.17) is 0 Å². The molecule has 0 bridgehead atoms. The van der Waals surface area contributed by atoms with Gasteiger partial charge in [-0.2, -0.15) is 0 Å². The first-order valence-corrected chi connectivity index (χ1v) is 11.5. The first-order valence-electron chi connectivity index (χ1n) is 11.5. The van der Waals surface area contributed by atoms with Crippen LogP contribution < -0.4 is 10.6 Å². The summed E-state index contributed by atoms with van der Waals surface area (Å²) < 4.78 is 57.1. The van der Waals surface area contributed by atoms with Crippen LogP contribution in [0.4, 0.5) is 23.2 Å². The van der Waals surface area contributed by atoms with Gasteiger partial charge >= 0.3 is 0 Å². The van der Waals surface area contributed by atoms with Crippen LogP contribution in [0.2, 0.25) is 0 Å². The van der Waals surface area contributed by atoms with Crippen molar-refractivity contribution >= 4 is 23.3 Å². The second-order valence-electron chi connectivity index (χ2n) is 9.51. The van der Waals surface area contributed by atoms with Crippen molar-refractivity contribution < 1.29 is 31.9 Å². The van der Waals surface area contributed by atoms with Crippen LogP contribution in [0.15, 0.2) is 18.3 Å². The maximum atomic E-state index is 14.0. The Morgan fingerprint density at radius 1 is 1.08 bits per heavy atom. The van der Waals surface area contributed by atoms with Crippen molar-refractivity contribution in [3.63, 3.8) is 0 Å². The van der Waals surface area contributed by atoms with Gasteiger partial charge in [-0.3, -0.25) is 19.5 Å². The molecule has 3 heterocycles. The highest BCUT2D eigenvalue weighted by molar-refractivity contribution is 6.43. The van der Waals surface area contributed by atoms with E-state index in [-0.39, 0.29) is 33.8 Å². The molecule has 2 aliphatic rings. The fraction of sp³-hybridized carbons (Fsp3) is 0.375. The van der Waals surface area contributed by atoms with Crippen LogP contribution in [0.25, 0.3) is 0 Å². The number of carbonyl (C=O) groups is 3. The minimum Gasteiger partial charge on any atom is -0.341 e. The molecule has 1 aliphatic carbocycles. The second-order valence-corrected chi connectivity index (χ2v) is 9.51. The number of amides is 2. The summed E-state index contributed by atoms with van der Waals surface area (Å²) in [5.41, 5.74) is -0.889. The summed E-state index contributed by atoms with van der Waals surface area (Å²) in [5.74, 6) is -7.49. The number of hydrogen-bond donors (Lipinski definition) is 3. The third-order valence-corrected chi connectivity index (χ3v) is 7.00. The van der Waals surface area contributed by atoms with Gasteiger partial charge in [-0.15, -0.1) is 5.10 Å². The van der Waals surface area contributed by atoms with Gasteiger partial charge in [-0.25, -0.2) is 17.6 Å². The smallest absolute Gasteiger partial charge is 0.294 e. The molecule has 2 amide bonds. The van der Waals surface area contributed by atoms with E-state index in [9.17, 15) is 31.9 Å². The van der Waals surface area contributed by atoms with Crippen LogP contribution in [0.1, 0.15) is 62.6 Å². The highest BCUT2D eigenvalue weighted by Crippen LogP contribution is 2.51. The molecule has 9 nitrogen and oxygen atoms in total. The van der Waals surface area contributed by atoms with Gasteiger partial charge in [0.15, 0.2) is 0 Å². The van der Waals surface area contributed by atoms with E-state index in [1.807, 2.05) is 0 Å². The van der Waals surface area contributed by atoms with E-state index < -0.39 is 53.5 Å². The number of benzene rings is 1. The molecule has 37 heavy (non-hydrogen) atoms. The Bertz CT molecular complexity index is 1420. The summed E-state index contributed by atoms with van der Waals surface area (Å²) in [6.07, 6.45) is 0.781. The minimum absolute atomic E-state index is 0.0413. The zero-order valence-electron chi connectivity index (χ0n) is 19.8. The van der Waals surface area contributed by atoms with Gasteiger partial charge in [-0.05, 0) is 44.4 Å². The molecule has 1 saturated carbocycles. The summed E-state index contributed by atoms with van der Waals surface area (Å²) in [6.45, 7) is 3.12. The average molecular weight is 518 g/mol. The van der Waals surface area contributed by atoms with Crippen molar-refractivity contribution in [2.24, 2.45) is 0 Å². The standard InChI is InChI=1S/C24H22F4N6O3/c1-11-14(25)6-13(7-15(11)26)30-21(36)18-12(2)19(34-5-3-4-16(18)34)20(35)22(37)31-23(9-24(27,28)10-23)17-8-29-33-32-17/h6-8H,3-5,9-10H2,1-2H3,(H,30,36)(H,31,37)(H,29,32,33). The van der Waals surface area contributed by atoms with E-state index in [0.29, 0.717) is 25.1 Å². The molecule has 1 aliphatic heterocycles. The number of aromatic nitrogens is 4. The number of aromatic amines is 1. The number of alkyl halides is 2. The second kappa shape index (κ2) is 8.53. The highest BCUT2D eigenvalue weighted by Gasteiger charge is 2.59. The van der Waals surface area contributed by atoms with Crippen molar-refractivity contribution in [3.8, 4) is 0 Å². The van der Waals surface area contributed by atoms with Crippen LogP contribution in [0.3, 0.4) is 0 Å². The molecule has 0 spiro atoms. The topological polar surface area (TPSA) is 122 Å². The Kier molecular flexibility index (Phi) is 5.68. The zero-order valence-corrected chi connectivity index (χ0v) is 19.8. The van der Waals surface area contributed by atoms with Crippen LogP contribution in [-0.4, -0.2) is 43.5 Å². The maximum Gasteiger partial charge on any atom is 0.294 e. The fourth-order valence-electron chi connectivity index (χ4n) is 5.21. The molecule has 0 unspecified atom stereocenters. The molecule has 1 aromatic carbocycles. The van der Waals surface area contributed by atoms with Crippen LogP contribution in [0, 0.1) is 25.5 Å². The predicted octanol–water partition coefficient (Wildman–Crippen LogP) is 3.32. The van der Waals surface area contributed by atoms with Crippen molar-refractivity contribution in [2.45, 2.75) is 57.5 Å². The summed E-state index contributed by atoms with van der Waals surface area (Å²) in [7, 11) is 0. The van der Waals surface area contributed by atoms with E-state index in [2.05, 4.69) is 26.0 Å². The number of nitrogens with zero attached hydrogens (tertiary/aromatic N) is 3. The van der Waals surface area contributed by atoms with Gasteiger partial charge in [0.25, 0.3) is 23.5 Å². The lowest BCUT2D eigenvalue weighted by Gasteiger charge is -2.46. The monoisotopic (exact) mass is 518 g/mol. The molecule has 5 rings (SSSR count). The van der Waals surface area contributed by atoms with Crippen molar-refractivity contribution in [3.05, 3.63) is 63.7 Å². The quantitative estimate of drug-likeness (QED) is 0.263. The number of carbonyl (C=O) groups excluding carboxylic acids is 3. The Morgan fingerprint density at radius 2 is 1.76 bits per heavy atom. The number of H-pyrrole nitrogens is 1. The van der Waals surface area contributed by atoms with Crippen LogP contribution in [0.5, 0.6) is 0 Å². The van der Waals surface area contributed by atoms with Gasteiger partial charge in [0.2, 0.25) is 0 Å². The number of hydrogen-bond acceptors (Lipinski definition) is 5. The molecule has 13 heteroatoms. The Morgan fingerprint density at radius 3 is 2.35 bits per heavy atom. The van der Waals surface area contributed by atoms with Gasteiger partial charge < -0.3 is 15.2 Å². The van der Waals surface area contributed by atoms with E-state index in [1.165, 1.54) is 20.0 Å². The van der Waals surface area contributed by atoms with E-state index in [0.717, 1.165) is 12.1 Å². The summed E-state index contributed by atoms with van der Waals surface area (Å²) in [4.78, 5) is 39.5. The summed E-state index contributed by atoms with van der Waals surface area (Å²) in [5, 5.41) is 14.4. The SMILES string of the molecule is Cc1c(F)cc(NC(=O)c2c(C)c(C(=O)C(=O)NC3(c4cnn[nH]4)CC(F)(F)C3)n3c2CCC3)cc1F. The summed E-state index contributed by atoms with van der Waals surface area (Å²) in [6, 6.07) is 1.97. The number of Topliss-reactive ketones (excluding diaryl/α,β-unsaturated/α-hetero) is 1. The van der Waals surface area contributed by atoms with Crippen molar-refractivity contribution in [2.75, 3.05) is 5.32 Å². The lowest BCUT2D eigenvalue weighted by molar-refractivity contribution is -0.148. The maximum absolute atomic E-state index is 14.0. The first-order chi connectivity index (χ1) is 17.4. The number of halogens is 4. The van der Waals surface area contributed by atoms with E-state index >= 15 is 0 Å². The number of anilines is 1. The Balaban J connectivity index is 1.44. The molecule has 0 atom stereocenters. The molecule has 2 aromatic heterocycles. The third-order valence-electron chi connectivity index (χ3n) is 7.00. The molecule has 1 fully saturated rings. The largest absolute Gasteiger partial charge is 0.341 e. The van der Waals surface area contributed by atoms with Crippen LogP contribution >= 0.6 is 0 Å². The molecular weight excluding hydrogens is 496 g/mol. The minimum atomic E-state index is -3.03. The predicted molar refractivity (Wildman–Crippen MR) is 121 cm³/mol. The van der Waals surface area contributed by atoms with Gasteiger partial charge in [0, 0.05) is 36.3 Å². The van der Waals surface area contributed by atoms with Gasteiger partial charge in [0.05, 0.1) is 28.7 Å². The molecule has 3 aromatic rings. The molecule has 0 radical (unpaired) electrons. The Hall–Kier alpha value is -4.03. The first kappa shape index (κ1) is 24.7.